The van der Waals surface area contributed by atoms with Crippen molar-refractivity contribution in [3.05, 3.63) is 65.2 Å². The first-order valence-corrected chi connectivity index (χ1v) is 11.0. The van der Waals surface area contributed by atoms with Gasteiger partial charge in [-0.2, -0.15) is 0 Å². The van der Waals surface area contributed by atoms with Crippen molar-refractivity contribution in [2.75, 3.05) is 25.1 Å². The monoisotopic (exact) mass is 484 g/mol. The molecule has 1 unspecified atom stereocenters. The van der Waals surface area contributed by atoms with E-state index in [1.54, 1.807) is 44.2 Å². The Labute approximate surface area is 202 Å². The SMILES string of the molecule is CCOC(=O)c1cc(NC(=O)COC(=O)CC(NC(C)=O)c2ccccc2)cc(C(=O)OCC)c1. The molecular weight excluding hydrogens is 456 g/mol. The van der Waals surface area contributed by atoms with Crippen LogP contribution in [0.1, 0.15) is 59.5 Å². The maximum atomic E-state index is 12.4. The van der Waals surface area contributed by atoms with Crippen LogP contribution in [0.25, 0.3) is 0 Å². The van der Waals surface area contributed by atoms with Crippen LogP contribution in [0.3, 0.4) is 0 Å². The van der Waals surface area contributed by atoms with Crippen molar-refractivity contribution in [3.8, 4) is 0 Å². The normalized spacial score (nSPS) is 11.1. The van der Waals surface area contributed by atoms with Gasteiger partial charge in [-0.3, -0.25) is 14.4 Å². The quantitative estimate of drug-likeness (QED) is 0.367. The molecule has 0 fully saturated rings. The van der Waals surface area contributed by atoms with E-state index in [0.717, 1.165) is 0 Å². The van der Waals surface area contributed by atoms with E-state index in [4.69, 9.17) is 14.2 Å². The van der Waals surface area contributed by atoms with Gasteiger partial charge in [0.25, 0.3) is 5.91 Å². The third-order valence-corrected chi connectivity index (χ3v) is 4.55. The third kappa shape index (κ3) is 8.92. The van der Waals surface area contributed by atoms with Gasteiger partial charge in [0.15, 0.2) is 6.61 Å². The first-order chi connectivity index (χ1) is 16.7. The largest absolute Gasteiger partial charge is 0.462 e. The lowest BCUT2D eigenvalue weighted by Gasteiger charge is -2.17. The van der Waals surface area contributed by atoms with Crippen LogP contribution >= 0.6 is 0 Å². The summed E-state index contributed by atoms with van der Waals surface area (Å²) in [4.78, 5) is 60.5. The number of anilines is 1. The number of ether oxygens (including phenoxy) is 3. The topological polar surface area (TPSA) is 137 Å². The van der Waals surface area contributed by atoms with Crippen LogP contribution in [-0.4, -0.2) is 49.5 Å². The first-order valence-electron chi connectivity index (χ1n) is 11.0. The predicted octanol–water partition coefficient (Wildman–Crippen LogP) is 2.79. The minimum absolute atomic E-state index is 0.0470. The van der Waals surface area contributed by atoms with E-state index < -0.39 is 36.5 Å². The highest BCUT2D eigenvalue weighted by Gasteiger charge is 2.20. The number of amides is 2. The van der Waals surface area contributed by atoms with Crippen LogP contribution in [0.5, 0.6) is 0 Å². The molecule has 0 saturated heterocycles. The van der Waals surface area contributed by atoms with E-state index in [9.17, 15) is 24.0 Å². The molecule has 0 spiro atoms. The van der Waals surface area contributed by atoms with Gasteiger partial charge in [0.2, 0.25) is 5.91 Å². The minimum Gasteiger partial charge on any atom is -0.462 e. The summed E-state index contributed by atoms with van der Waals surface area (Å²) in [5, 5.41) is 5.17. The summed E-state index contributed by atoms with van der Waals surface area (Å²) in [5.41, 5.74) is 0.933. The second kappa shape index (κ2) is 13.5. The zero-order valence-electron chi connectivity index (χ0n) is 19.8. The van der Waals surface area contributed by atoms with Gasteiger partial charge in [-0.25, -0.2) is 9.59 Å². The number of carbonyl (C=O) groups is 5. The fraction of sp³-hybridized carbons (Fsp3) is 0.320. The van der Waals surface area contributed by atoms with E-state index >= 15 is 0 Å². The molecule has 2 rings (SSSR count). The standard InChI is InChI=1S/C25H28N2O8/c1-4-33-24(31)18-11-19(25(32)34-5-2)13-20(12-18)27-22(29)15-35-23(30)14-21(26-16(3)28)17-9-7-6-8-10-17/h6-13,21H,4-5,14-15H2,1-3H3,(H,26,28)(H,27,29). The Kier molecular flexibility index (Phi) is 10.4. The molecule has 2 aromatic rings. The fourth-order valence-corrected chi connectivity index (χ4v) is 3.12. The van der Waals surface area contributed by atoms with Crippen molar-refractivity contribution in [1.82, 2.24) is 5.32 Å². The first kappa shape index (κ1) is 27.0. The molecule has 2 aromatic carbocycles. The lowest BCUT2D eigenvalue weighted by molar-refractivity contribution is -0.148. The van der Waals surface area contributed by atoms with Crippen LogP contribution in [0.4, 0.5) is 5.69 Å². The average molecular weight is 485 g/mol. The van der Waals surface area contributed by atoms with Gasteiger partial charge in [-0.1, -0.05) is 30.3 Å². The summed E-state index contributed by atoms with van der Waals surface area (Å²) in [6.07, 6.45) is -0.178. The van der Waals surface area contributed by atoms with Crippen LogP contribution in [0.2, 0.25) is 0 Å². The van der Waals surface area contributed by atoms with Gasteiger partial charge >= 0.3 is 17.9 Å². The molecule has 10 nitrogen and oxygen atoms in total. The summed E-state index contributed by atoms with van der Waals surface area (Å²) in [5.74, 6) is -3.06. The van der Waals surface area contributed by atoms with E-state index in [0.29, 0.717) is 5.56 Å². The van der Waals surface area contributed by atoms with Gasteiger partial charge in [0.1, 0.15) is 0 Å². The van der Waals surface area contributed by atoms with Crippen molar-refractivity contribution in [2.45, 2.75) is 33.2 Å². The summed E-state index contributed by atoms with van der Waals surface area (Å²) < 4.78 is 15.0. The highest BCUT2D eigenvalue weighted by atomic mass is 16.5. The molecular formula is C25H28N2O8. The number of carbonyl (C=O) groups excluding carboxylic acids is 5. The van der Waals surface area contributed by atoms with Crippen LogP contribution < -0.4 is 10.6 Å². The molecule has 0 aliphatic heterocycles. The Morgan fingerprint density at radius 1 is 0.829 bits per heavy atom. The molecule has 0 radical (unpaired) electrons. The number of hydrogen-bond donors (Lipinski definition) is 2. The van der Waals surface area contributed by atoms with Gasteiger partial charge in [0, 0.05) is 12.6 Å². The van der Waals surface area contributed by atoms with Crippen molar-refractivity contribution in [3.63, 3.8) is 0 Å². The van der Waals surface area contributed by atoms with E-state index in [-0.39, 0.29) is 42.4 Å². The Morgan fingerprint density at radius 3 is 1.91 bits per heavy atom. The predicted molar refractivity (Wildman–Crippen MR) is 126 cm³/mol. The average Bonchev–Trinajstić information content (AvgIpc) is 2.82. The number of rotatable bonds is 11. The molecule has 1 atom stereocenters. The van der Waals surface area contributed by atoms with Crippen LogP contribution in [0, 0.1) is 0 Å². The van der Waals surface area contributed by atoms with Crippen LogP contribution in [-0.2, 0) is 28.6 Å². The Bertz CT molecular complexity index is 1030. The molecule has 186 valence electrons. The maximum absolute atomic E-state index is 12.4. The van der Waals surface area contributed by atoms with E-state index in [1.165, 1.54) is 25.1 Å². The number of hydrogen-bond acceptors (Lipinski definition) is 8. The number of esters is 3. The Balaban J connectivity index is 2.05. The fourth-order valence-electron chi connectivity index (χ4n) is 3.12. The molecule has 0 aliphatic rings. The summed E-state index contributed by atoms with van der Waals surface area (Å²) >= 11 is 0. The van der Waals surface area contributed by atoms with Crippen molar-refractivity contribution in [2.24, 2.45) is 0 Å². The molecule has 0 aliphatic carbocycles. The van der Waals surface area contributed by atoms with Crippen LogP contribution in [0.15, 0.2) is 48.5 Å². The molecule has 2 N–H and O–H groups in total. The molecule has 0 heterocycles. The lowest BCUT2D eigenvalue weighted by Crippen LogP contribution is -2.29. The van der Waals surface area contributed by atoms with Gasteiger partial charge in [-0.15, -0.1) is 0 Å². The number of nitrogens with one attached hydrogen (secondary N) is 2. The molecule has 35 heavy (non-hydrogen) atoms. The summed E-state index contributed by atoms with van der Waals surface area (Å²) in [7, 11) is 0. The smallest absolute Gasteiger partial charge is 0.338 e. The molecule has 0 saturated carbocycles. The van der Waals surface area contributed by atoms with Gasteiger partial charge in [-0.05, 0) is 37.6 Å². The van der Waals surface area contributed by atoms with Gasteiger partial charge in [0.05, 0.1) is 36.8 Å². The maximum Gasteiger partial charge on any atom is 0.338 e. The Hall–Kier alpha value is -4.21. The summed E-state index contributed by atoms with van der Waals surface area (Å²) in [6.45, 7) is 4.25. The molecule has 10 heteroatoms. The second-order valence-corrected chi connectivity index (χ2v) is 7.32. The van der Waals surface area contributed by atoms with E-state index in [1.807, 2.05) is 0 Å². The lowest BCUT2D eigenvalue weighted by atomic mass is 10.0. The van der Waals surface area contributed by atoms with Crippen molar-refractivity contribution >= 4 is 35.4 Å². The highest BCUT2D eigenvalue weighted by molar-refractivity contribution is 6.00. The third-order valence-electron chi connectivity index (χ3n) is 4.55. The molecule has 0 aromatic heterocycles. The Morgan fingerprint density at radius 2 is 1.40 bits per heavy atom. The van der Waals surface area contributed by atoms with Crippen molar-refractivity contribution < 1.29 is 38.2 Å². The number of benzene rings is 2. The minimum atomic E-state index is -0.699. The zero-order chi connectivity index (χ0) is 25.8. The summed E-state index contributed by atoms with van der Waals surface area (Å²) in [6, 6.07) is 12.2. The highest BCUT2D eigenvalue weighted by Crippen LogP contribution is 2.19. The van der Waals surface area contributed by atoms with E-state index in [2.05, 4.69) is 10.6 Å². The van der Waals surface area contributed by atoms with Crippen molar-refractivity contribution in [1.29, 1.82) is 0 Å². The molecule has 2 amide bonds. The second-order valence-electron chi connectivity index (χ2n) is 7.32. The van der Waals surface area contributed by atoms with Gasteiger partial charge < -0.3 is 24.8 Å². The zero-order valence-corrected chi connectivity index (χ0v) is 19.8. The molecule has 0 bridgehead atoms.